The molecule has 3 saturated heterocycles. The number of carbonyl (C=O) groups is 3. The molecule has 33 heavy (non-hydrogen) atoms. The summed E-state index contributed by atoms with van der Waals surface area (Å²) in [6.45, 7) is 7.37. The van der Waals surface area contributed by atoms with Crippen molar-refractivity contribution in [1.82, 2.24) is 15.5 Å². The van der Waals surface area contributed by atoms with E-state index >= 15 is 0 Å². The van der Waals surface area contributed by atoms with E-state index in [1.54, 1.807) is 6.92 Å². The molecular formula is C24H32BrN3O5. The van der Waals surface area contributed by atoms with Gasteiger partial charge in [0, 0.05) is 16.9 Å². The molecule has 180 valence electrons. The number of amides is 3. The van der Waals surface area contributed by atoms with Gasteiger partial charge in [-0.2, -0.15) is 0 Å². The highest BCUT2D eigenvalue weighted by Crippen LogP contribution is 2.60. The minimum absolute atomic E-state index is 0.164. The van der Waals surface area contributed by atoms with Gasteiger partial charge in [0.15, 0.2) is 0 Å². The van der Waals surface area contributed by atoms with Crippen LogP contribution in [0.3, 0.4) is 0 Å². The lowest BCUT2D eigenvalue weighted by molar-refractivity contribution is -0.145. The Morgan fingerprint density at radius 2 is 1.94 bits per heavy atom. The third-order valence-corrected chi connectivity index (χ3v) is 7.67. The Hall–Kier alpha value is -1.97. The van der Waals surface area contributed by atoms with Crippen molar-refractivity contribution in [1.29, 1.82) is 0 Å². The number of carbonyl (C=O) groups excluding carboxylic acids is 3. The van der Waals surface area contributed by atoms with E-state index in [4.69, 9.17) is 4.74 Å². The normalized spacial score (nSPS) is 33.7. The molecule has 0 saturated carbocycles. The summed E-state index contributed by atoms with van der Waals surface area (Å²) in [5, 5.41) is 15.8. The number of ether oxygens (including phenoxy) is 1. The number of likely N-dealkylation sites (tertiary alicyclic amines) is 1. The molecule has 3 aliphatic rings. The van der Waals surface area contributed by atoms with E-state index in [1.807, 2.05) is 51.1 Å². The van der Waals surface area contributed by atoms with Gasteiger partial charge in [-0.25, -0.2) is 0 Å². The van der Waals surface area contributed by atoms with Crippen LogP contribution >= 0.6 is 15.9 Å². The first-order chi connectivity index (χ1) is 15.5. The molecule has 3 N–H and O–H groups in total. The Morgan fingerprint density at radius 1 is 1.27 bits per heavy atom. The van der Waals surface area contributed by atoms with Crippen LogP contribution in [-0.2, 0) is 25.7 Å². The van der Waals surface area contributed by atoms with Crippen LogP contribution in [-0.4, -0.2) is 68.5 Å². The smallest absolute Gasteiger partial charge is 0.246 e. The number of nitrogens with zero attached hydrogens (tertiary/aromatic N) is 1. The Morgan fingerprint density at radius 3 is 2.55 bits per heavy atom. The number of fused-ring (bicyclic) bond motifs is 1. The maximum Gasteiger partial charge on any atom is 0.246 e. The van der Waals surface area contributed by atoms with Gasteiger partial charge in [0.1, 0.15) is 11.6 Å². The predicted octanol–water partition coefficient (Wildman–Crippen LogP) is 1.35. The van der Waals surface area contributed by atoms with Gasteiger partial charge >= 0.3 is 0 Å². The SMILES string of the molecule is C[C@H](CO)N1C(=O)[C@@H]2[C@@H](C(=O)NCc3ccccc3)[C@@H]3OC2(CC3Br)C1C(=O)NC(C)(C)C. The van der Waals surface area contributed by atoms with Crippen LogP contribution in [0.1, 0.15) is 39.7 Å². The van der Waals surface area contributed by atoms with Gasteiger partial charge in [0.05, 0.1) is 30.6 Å². The summed E-state index contributed by atoms with van der Waals surface area (Å²) in [7, 11) is 0. The predicted molar refractivity (Wildman–Crippen MR) is 125 cm³/mol. The Labute approximate surface area is 202 Å². The summed E-state index contributed by atoms with van der Waals surface area (Å²) >= 11 is 3.65. The Kier molecular flexibility index (Phi) is 6.35. The van der Waals surface area contributed by atoms with Crippen LogP contribution in [0.4, 0.5) is 0 Å². The Balaban J connectivity index is 1.67. The zero-order valence-corrected chi connectivity index (χ0v) is 21.0. The van der Waals surface area contributed by atoms with Gasteiger partial charge < -0.3 is 25.4 Å². The molecule has 3 amide bonds. The van der Waals surface area contributed by atoms with Gasteiger partial charge in [-0.15, -0.1) is 0 Å². The molecule has 3 heterocycles. The molecule has 1 spiro atoms. The van der Waals surface area contributed by atoms with Crippen LogP contribution in [0.25, 0.3) is 0 Å². The molecule has 2 bridgehead atoms. The largest absolute Gasteiger partial charge is 0.394 e. The third-order valence-electron chi connectivity index (χ3n) is 6.83. The lowest BCUT2D eigenvalue weighted by atomic mass is 9.70. The maximum atomic E-state index is 13.7. The van der Waals surface area contributed by atoms with E-state index in [-0.39, 0.29) is 29.2 Å². The van der Waals surface area contributed by atoms with Crippen molar-refractivity contribution >= 4 is 33.7 Å². The van der Waals surface area contributed by atoms with Crippen molar-refractivity contribution in [3.05, 3.63) is 35.9 Å². The van der Waals surface area contributed by atoms with Gasteiger partial charge in [-0.3, -0.25) is 14.4 Å². The number of aliphatic hydroxyl groups excluding tert-OH is 1. The van der Waals surface area contributed by atoms with Crippen LogP contribution in [0.2, 0.25) is 0 Å². The molecule has 8 nitrogen and oxygen atoms in total. The van der Waals surface area contributed by atoms with Gasteiger partial charge in [0.25, 0.3) is 0 Å². The van der Waals surface area contributed by atoms with E-state index in [9.17, 15) is 19.5 Å². The standard InChI is InChI=1S/C24H32BrN3O5/c1-13(12-29)28-19(21(31)27-23(2,3)4)24-10-15(25)18(33-24)16(17(24)22(28)32)20(30)26-11-14-8-6-5-7-9-14/h5-9,13,15-19,29H,10-12H2,1-4H3,(H,26,30)(H,27,31)/t13-,15?,16-,17+,18-,19?,24?/m1/s1. The number of alkyl halides is 1. The maximum absolute atomic E-state index is 13.7. The molecule has 1 aromatic carbocycles. The highest BCUT2D eigenvalue weighted by molar-refractivity contribution is 9.09. The fraction of sp³-hybridized carbons (Fsp3) is 0.625. The number of hydrogen-bond acceptors (Lipinski definition) is 5. The zero-order valence-electron chi connectivity index (χ0n) is 19.4. The van der Waals surface area contributed by atoms with Crippen molar-refractivity contribution in [2.45, 2.75) is 74.8 Å². The Bertz CT molecular complexity index is 936. The van der Waals surface area contributed by atoms with Crippen LogP contribution < -0.4 is 10.6 Å². The first kappa shape index (κ1) is 24.2. The molecule has 4 rings (SSSR count). The highest BCUT2D eigenvalue weighted by atomic mass is 79.9. The molecule has 0 aromatic heterocycles. The van der Waals surface area contributed by atoms with Crippen molar-refractivity contribution < 1.29 is 24.2 Å². The summed E-state index contributed by atoms with van der Waals surface area (Å²) in [4.78, 5) is 41.8. The highest BCUT2D eigenvalue weighted by Gasteiger charge is 2.76. The summed E-state index contributed by atoms with van der Waals surface area (Å²) in [6.07, 6.45) is -0.0702. The number of aliphatic hydroxyl groups is 1. The quantitative estimate of drug-likeness (QED) is 0.489. The third kappa shape index (κ3) is 4.08. The summed E-state index contributed by atoms with van der Waals surface area (Å²) in [5.41, 5.74) is -0.681. The summed E-state index contributed by atoms with van der Waals surface area (Å²) < 4.78 is 6.41. The first-order valence-electron chi connectivity index (χ1n) is 11.4. The number of nitrogens with one attached hydrogen (secondary N) is 2. The fourth-order valence-corrected chi connectivity index (χ4v) is 6.51. The van der Waals surface area contributed by atoms with Crippen LogP contribution in [0, 0.1) is 11.8 Å². The second-order valence-corrected chi connectivity index (χ2v) is 11.6. The van der Waals surface area contributed by atoms with E-state index in [0.717, 1.165) is 5.56 Å². The van der Waals surface area contributed by atoms with Crippen molar-refractivity contribution in [2.75, 3.05) is 6.61 Å². The molecular weight excluding hydrogens is 490 g/mol. The first-order valence-corrected chi connectivity index (χ1v) is 12.3. The number of hydrogen-bond donors (Lipinski definition) is 3. The minimum Gasteiger partial charge on any atom is -0.394 e. The molecule has 3 aliphatic heterocycles. The molecule has 0 aliphatic carbocycles. The van der Waals surface area contributed by atoms with E-state index < -0.39 is 41.2 Å². The average Bonchev–Trinajstić information content (AvgIpc) is 3.34. The fourth-order valence-electron chi connectivity index (χ4n) is 5.57. The number of rotatable bonds is 6. The van der Waals surface area contributed by atoms with Gasteiger partial charge in [-0.1, -0.05) is 46.3 Å². The molecule has 3 fully saturated rings. The molecule has 1 aromatic rings. The summed E-state index contributed by atoms with van der Waals surface area (Å²) in [6, 6.07) is 8.05. The van der Waals surface area contributed by atoms with E-state index in [0.29, 0.717) is 13.0 Å². The average molecular weight is 522 g/mol. The number of benzene rings is 1. The van der Waals surface area contributed by atoms with Crippen LogP contribution in [0.5, 0.6) is 0 Å². The summed E-state index contributed by atoms with van der Waals surface area (Å²) in [5.74, 6) is -2.41. The number of halogens is 1. The second kappa shape index (κ2) is 8.67. The second-order valence-electron chi connectivity index (χ2n) is 10.4. The minimum atomic E-state index is -1.12. The van der Waals surface area contributed by atoms with Gasteiger partial charge in [0.2, 0.25) is 17.7 Å². The lowest BCUT2D eigenvalue weighted by Crippen LogP contribution is -2.60. The monoisotopic (exact) mass is 521 g/mol. The zero-order chi connectivity index (χ0) is 24.1. The molecule has 3 unspecified atom stereocenters. The van der Waals surface area contributed by atoms with E-state index in [1.165, 1.54) is 4.90 Å². The van der Waals surface area contributed by atoms with Crippen molar-refractivity contribution in [2.24, 2.45) is 11.8 Å². The molecule has 9 heteroatoms. The molecule has 0 radical (unpaired) electrons. The molecule has 7 atom stereocenters. The van der Waals surface area contributed by atoms with Crippen molar-refractivity contribution in [3.63, 3.8) is 0 Å². The van der Waals surface area contributed by atoms with Crippen LogP contribution in [0.15, 0.2) is 30.3 Å². The topological polar surface area (TPSA) is 108 Å². The van der Waals surface area contributed by atoms with E-state index in [2.05, 4.69) is 26.6 Å². The van der Waals surface area contributed by atoms with Crippen molar-refractivity contribution in [3.8, 4) is 0 Å². The lowest BCUT2D eigenvalue weighted by Gasteiger charge is -2.37. The van der Waals surface area contributed by atoms with Gasteiger partial charge in [-0.05, 0) is 39.7 Å².